The number of rotatable bonds is 5. The third-order valence-corrected chi connectivity index (χ3v) is 2.77. The molecule has 1 heterocycles. The molecule has 17 heavy (non-hydrogen) atoms. The van der Waals surface area contributed by atoms with E-state index in [4.69, 9.17) is 5.11 Å². The molecule has 2 N–H and O–H groups in total. The van der Waals surface area contributed by atoms with Crippen LogP contribution in [0.2, 0.25) is 0 Å². The average molecular weight is 240 g/mol. The first-order valence-corrected chi connectivity index (χ1v) is 5.70. The summed E-state index contributed by atoms with van der Waals surface area (Å²) in [4.78, 5) is 10.8. The van der Waals surface area contributed by atoms with E-state index >= 15 is 0 Å². The van der Waals surface area contributed by atoms with E-state index in [2.05, 4.69) is 18.9 Å². The molecule has 0 bridgehead atoms. The number of aliphatic hydroxyl groups excluding tert-OH is 1. The summed E-state index contributed by atoms with van der Waals surface area (Å²) in [5.74, 6) is -0.760. The van der Waals surface area contributed by atoms with Gasteiger partial charge in [-0.15, -0.1) is 0 Å². The molecule has 0 saturated heterocycles. The van der Waals surface area contributed by atoms with Crippen LogP contribution in [0.4, 0.5) is 0 Å². The fourth-order valence-corrected chi connectivity index (χ4v) is 1.63. The quantitative estimate of drug-likeness (QED) is 0.812. The maximum absolute atomic E-state index is 10.8. The predicted molar refractivity (Wildman–Crippen MR) is 63.7 cm³/mol. The van der Waals surface area contributed by atoms with Gasteiger partial charge in [-0.05, 0) is 12.0 Å². The summed E-state index contributed by atoms with van der Waals surface area (Å²) in [5.41, 5.74) is -0.304. The topological polar surface area (TPSA) is 75.4 Å². The monoisotopic (exact) mass is 240 g/mol. The lowest BCUT2D eigenvalue weighted by atomic mass is 9.83. The Labute approximate surface area is 101 Å². The number of aromatic nitrogens is 2. The Morgan fingerprint density at radius 1 is 1.53 bits per heavy atom. The van der Waals surface area contributed by atoms with Crippen molar-refractivity contribution < 1.29 is 15.0 Å². The summed E-state index contributed by atoms with van der Waals surface area (Å²) >= 11 is 0. The highest BCUT2D eigenvalue weighted by molar-refractivity contribution is 5.74. The highest BCUT2D eigenvalue weighted by Gasteiger charge is 2.37. The van der Waals surface area contributed by atoms with Gasteiger partial charge in [0.1, 0.15) is 0 Å². The standard InChI is InChI=1S/C12H20N2O3/c1-8(2)7-14-6-5-9(13-14)12(3,4)10(15)11(16)17/h5-6,8,10,15H,7H2,1-4H3,(H,16,17). The Hall–Kier alpha value is -1.36. The van der Waals surface area contributed by atoms with Crippen molar-refractivity contribution in [1.82, 2.24) is 9.78 Å². The number of carbonyl (C=O) groups is 1. The molecule has 0 amide bonds. The van der Waals surface area contributed by atoms with Crippen molar-refractivity contribution in [3.05, 3.63) is 18.0 Å². The van der Waals surface area contributed by atoms with E-state index in [-0.39, 0.29) is 0 Å². The first-order chi connectivity index (χ1) is 7.75. The van der Waals surface area contributed by atoms with Crippen LogP contribution in [0.3, 0.4) is 0 Å². The zero-order chi connectivity index (χ0) is 13.2. The molecule has 0 fully saturated rings. The number of aliphatic carboxylic acids is 1. The zero-order valence-corrected chi connectivity index (χ0v) is 10.7. The van der Waals surface area contributed by atoms with E-state index in [1.54, 1.807) is 24.6 Å². The highest BCUT2D eigenvalue weighted by atomic mass is 16.4. The SMILES string of the molecule is CC(C)Cn1ccc(C(C)(C)C(O)C(=O)O)n1. The fraction of sp³-hybridized carbons (Fsp3) is 0.667. The van der Waals surface area contributed by atoms with Crippen LogP contribution in [0, 0.1) is 5.92 Å². The maximum atomic E-state index is 10.8. The van der Waals surface area contributed by atoms with Gasteiger partial charge in [0.05, 0.1) is 5.69 Å². The van der Waals surface area contributed by atoms with E-state index in [1.165, 1.54) is 0 Å². The minimum Gasteiger partial charge on any atom is -0.479 e. The molecule has 96 valence electrons. The lowest BCUT2D eigenvalue weighted by Crippen LogP contribution is -2.40. The molecular weight excluding hydrogens is 220 g/mol. The molecule has 0 saturated carbocycles. The van der Waals surface area contributed by atoms with Crippen LogP contribution >= 0.6 is 0 Å². The molecular formula is C12H20N2O3. The molecule has 0 aliphatic heterocycles. The van der Waals surface area contributed by atoms with Gasteiger partial charge in [0, 0.05) is 18.2 Å². The first kappa shape index (κ1) is 13.7. The number of nitrogens with zero attached hydrogens (tertiary/aromatic N) is 2. The lowest BCUT2D eigenvalue weighted by molar-refractivity contribution is -0.150. The van der Waals surface area contributed by atoms with Gasteiger partial charge in [-0.25, -0.2) is 4.79 Å². The molecule has 1 rings (SSSR count). The van der Waals surface area contributed by atoms with Crippen LogP contribution < -0.4 is 0 Å². The average Bonchev–Trinajstić information content (AvgIpc) is 2.64. The number of aliphatic hydroxyl groups is 1. The predicted octanol–water partition coefficient (Wildman–Crippen LogP) is 1.26. The molecule has 0 aliphatic rings. The number of carboxylic acid groups (broad SMARTS) is 1. The second-order valence-electron chi connectivity index (χ2n) is 5.28. The van der Waals surface area contributed by atoms with E-state index in [0.717, 1.165) is 6.54 Å². The van der Waals surface area contributed by atoms with Crippen molar-refractivity contribution in [3.63, 3.8) is 0 Å². The van der Waals surface area contributed by atoms with Gasteiger partial charge in [-0.1, -0.05) is 27.7 Å². The summed E-state index contributed by atoms with van der Waals surface area (Å²) in [6.45, 7) is 8.29. The normalized spacial score (nSPS) is 14.0. The Morgan fingerprint density at radius 3 is 2.59 bits per heavy atom. The third kappa shape index (κ3) is 3.06. The van der Waals surface area contributed by atoms with Crippen molar-refractivity contribution in [2.45, 2.75) is 45.8 Å². The summed E-state index contributed by atoms with van der Waals surface area (Å²) in [6.07, 6.45) is 0.357. The van der Waals surface area contributed by atoms with Crippen LogP contribution in [0.25, 0.3) is 0 Å². The second kappa shape index (κ2) is 4.87. The molecule has 0 aliphatic carbocycles. The number of hydrogen-bond donors (Lipinski definition) is 2. The number of hydrogen-bond acceptors (Lipinski definition) is 3. The van der Waals surface area contributed by atoms with E-state index < -0.39 is 17.5 Å². The minimum absolute atomic E-state index is 0.468. The van der Waals surface area contributed by atoms with Crippen molar-refractivity contribution >= 4 is 5.97 Å². The van der Waals surface area contributed by atoms with Gasteiger partial charge in [0.25, 0.3) is 0 Å². The van der Waals surface area contributed by atoms with Gasteiger partial charge in [0.15, 0.2) is 6.10 Å². The first-order valence-electron chi connectivity index (χ1n) is 5.70. The van der Waals surface area contributed by atoms with Crippen LogP contribution in [0.1, 0.15) is 33.4 Å². The van der Waals surface area contributed by atoms with Gasteiger partial charge >= 0.3 is 5.97 Å². The van der Waals surface area contributed by atoms with Crippen LogP contribution in [-0.4, -0.2) is 32.1 Å². The minimum atomic E-state index is -1.45. The smallest absolute Gasteiger partial charge is 0.333 e. The molecule has 1 atom stereocenters. The van der Waals surface area contributed by atoms with Gasteiger partial charge in [-0.3, -0.25) is 4.68 Å². The zero-order valence-electron chi connectivity index (χ0n) is 10.7. The molecule has 5 heteroatoms. The molecule has 1 aromatic heterocycles. The summed E-state index contributed by atoms with van der Waals surface area (Å²) < 4.78 is 1.77. The number of carboxylic acids is 1. The molecule has 1 aromatic rings. The Bertz CT molecular complexity index is 396. The fourth-order valence-electron chi connectivity index (χ4n) is 1.63. The second-order valence-corrected chi connectivity index (χ2v) is 5.28. The Balaban J connectivity index is 2.92. The van der Waals surface area contributed by atoms with Crippen molar-refractivity contribution in [2.75, 3.05) is 0 Å². The summed E-state index contributed by atoms with van der Waals surface area (Å²) in [7, 11) is 0. The Morgan fingerprint density at radius 2 is 2.12 bits per heavy atom. The molecule has 0 radical (unpaired) electrons. The maximum Gasteiger partial charge on any atom is 0.333 e. The van der Waals surface area contributed by atoms with Crippen molar-refractivity contribution in [3.8, 4) is 0 Å². The molecule has 5 nitrogen and oxygen atoms in total. The molecule has 0 spiro atoms. The highest BCUT2D eigenvalue weighted by Crippen LogP contribution is 2.25. The van der Waals surface area contributed by atoms with Crippen LogP contribution in [-0.2, 0) is 16.8 Å². The summed E-state index contributed by atoms with van der Waals surface area (Å²) in [5, 5.41) is 22.8. The van der Waals surface area contributed by atoms with Gasteiger partial charge < -0.3 is 10.2 Å². The third-order valence-electron chi connectivity index (χ3n) is 2.77. The van der Waals surface area contributed by atoms with Crippen molar-refractivity contribution in [1.29, 1.82) is 0 Å². The van der Waals surface area contributed by atoms with Gasteiger partial charge in [-0.2, -0.15) is 5.10 Å². The van der Waals surface area contributed by atoms with Crippen LogP contribution in [0.15, 0.2) is 12.3 Å². The van der Waals surface area contributed by atoms with E-state index in [9.17, 15) is 9.90 Å². The van der Waals surface area contributed by atoms with E-state index in [1.807, 2.05) is 6.20 Å². The van der Waals surface area contributed by atoms with Gasteiger partial charge in [0.2, 0.25) is 0 Å². The molecule has 0 aromatic carbocycles. The van der Waals surface area contributed by atoms with Crippen LogP contribution in [0.5, 0.6) is 0 Å². The lowest BCUT2D eigenvalue weighted by Gasteiger charge is -2.25. The largest absolute Gasteiger partial charge is 0.479 e. The van der Waals surface area contributed by atoms with Crippen molar-refractivity contribution in [2.24, 2.45) is 5.92 Å². The summed E-state index contributed by atoms with van der Waals surface area (Å²) in [6, 6.07) is 1.76. The molecule has 1 unspecified atom stereocenters. The Kier molecular flexibility index (Phi) is 3.93. The van der Waals surface area contributed by atoms with E-state index in [0.29, 0.717) is 11.6 Å².